The zero-order chi connectivity index (χ0) is 4.12. The van der Waals surface area contributed by atoms with Gasteiger partial charge in [-0.15, -0.1) is 0 Å². The van der Waals surface area contributed by atoms with Crippen molar-refractivity contribution in [3.8, 4) is 0 Å². The summed E-state index contributed by atoms with van der Waals surface area (Å²) in [6.07, 6.45) is 0. The molecule has 0 fully saturated rings. The molecule has 6 heavy (non-hydrogen) atoms. The van der Waals surface area contributed by atoms with E-state index >= 15 is 0 Å². The van der Waals surface area contributed by atoms with Gasteiger partial charge in [-0.1, -0.05) is 13.8 Å². The van der Waals surface area contributed by atoms with Crippen molar-refractivity contribution < 1.29 is 51.4 Å². The Kier molecular flexibility index (Phi) is 17.2. The summed E-state index contributed by atoms with van der Waals surface area (Å²) in [5, 5.41) is 3.97. The molecule has 0 N–H and O–H groups in total. The van der Waals surface area contributed by atoms with Gasteiger partial charge in [0.05, 0.1) is 0 Å². The van der Waals surface area contributed by atoms with Gasteiger partial charge in [0.2, 0.25) is 0 Å². The van der Waals surface area contributed by atoms with Crippen molar-refractivity contribution in [3.63, 3.8) is 0 Å². The first-order valence-corrected chi connectivity index (χ1v) is 2.05. The van der Waals surface area contributed by atoms with Crippen LogP contribution >= 0.6 is 0 Å². The van der Waals surface area contributed by atoms with Gasteiger partial charge in [-0.05, 0) is 0 Å². The number of hydrogen-bond acceptors (Lipinski definition) is 0. The number of nitrogens with zero attached hydrogens (tertiary/aromatic N) is 1. The van der Waals surface area contributed by atoms with Crippen molar-refractivity contribution in [2.45, 2.75) is 13.8 Å². The van der Waals surface area contributed by atoms with E-state index in [-0.39, 0.29) is 51.4 Å². The smallest absolute Gasteiger partial charge is 0.663 e. The zero-order valence-corrected chi connectivity index (χ0v) is 7.98. The maximum Gasteiger partial charge on any atom is 1.00 e. The Hall–Kier alpha value is 1.60. The van der Waals surface area contributed by atoms with E-state index in [1.807, 2.05) is 13.8 Å². The molecule has 0 atom stereocenters. The fourth-order valence-electron chi connectivity index (χ4n) is 0.224. The standard InChI is InChI=1S/C4H10N.K/c1-3-5-4-2;/h3-4H2,1-2H3;/q-1;+1. The third kappa shape index (κ3) is 9.14. The van der Waals surface area contributed by atoms with Crippen LogP contribution in [0.1, 0.15) is 13.8 Å². The molecule has 0 radical (unpaired) electrons. The molecule has 0 aromatic heterocycles. The van der Waals surface area contributed by atoms with Crippen molar-refractivity contribution >= 4 is 0 Å². The van der Waals surface area contributed by atoms with E-state index in [2.05, 4.69) is 5.32 Å². The summed E-state index contributed by atoms with van der Waals surface area (Å²) in [6, 6.07) is 0. The quantitative estimate of drug-likeness (QED) is 0.381. The molecular weight excluding hydrogens is 101 g/mol. The van der Waals surface area contributed by atoms with Gasteiger partial charge < -0.3 is 5.32 Å². The summed E-state index contributed by atoms with van der Waals surface area (Å²) < 4.78 is 0. The predicted octanol–water partition coefficient (Wildman–Crippen LogP) is -1.60. The van der Waals surface area contributed by atoms with E-state index in [9.17, 15) is 0 Å². The molecule has 2 heteroatoms. The molecule has 0 saturated heterocycles. The van der Waals surface area contributed by atoms with Crippen molar-refractivity contribution in [2.24, 2.45) is 0 Å². The average Bonchev–Trinajstić information content (AvgIpc) is 1.41. The van der Waals surface area contributed by atoms with Crippen LogP contribution in [0.3, 0.4) is 0 Å². The van der Waals surface area contributed by atoms with Gasteiger partial charge in [-0.3, -0.25) is 0 Å². The molecule has 0 unspecified atom stereocenters. The molecule has 0 spiro atoms. The van der Waals surface area contributed by atoms with Gasteiger partial charge in [0.1, 0.15) is 0 Å². The molecule has 0 aliphatic carbocycles. The minimum atomic E-state index is 0. The second kappa shape index (κ2) is 9.78. The van der Waals surface area contributed by atoms with Gasteiger partial charge in [0.15, 0.2) is 0 Å². The molecule has 0 aliphatic rings. The van der Waals surface area contributed by atoms with E-state index in [1.165, 1.54) is 0 Å². The van der Waals surface area contributed by atoms with E-state index < -0.39 is 0 Å². The average molecular weight is 111 g/mol. The van der Waals surface area contributed by atoms with Gasteiger partial charge in [-0.25, -0.2) is 0 Å². The van der Waals surface area contributed by atoms with Crippen LogP contribution in [0.15, 0.2) is 0 Å². The van der Waals surface area contributed by atoms with Gasteiger partial charge in [0, 0.05) is 0 Å². The van der Waals surface area contributed by atoms with Gasteiger partial charge in [-0.2, -0.15) is 13.1 Å². The van der Waals surface area contributed by atoms with Crippen LogP contribution in [-0.2, 0) is 0 Å². The van der Waals surface area contributed by atoms with E-state index in [0.29, 0.717) is 0 Å². The van der Waals surface area contributed by atoms with E-state index in [4.69, 9.17) is 0 Å². The first-order chi connectivity index (χ1) is 2.41. The number of hydrogen-bond donors (Lipinski definition) is 0. The molecule has 0 bridgehead atoms. The molecule has 0 aliphatic heterocycles. The van der Waals surface area contributed by atoms with Gasteiger partial charge >= 0.3 is 51.4 Å². The van der Waals surface area contributed by atoms with Crippen LogP contribution in [0.25, 0.3) is 5.32 Å². The minimum absolute atomic E-state index is 0. The minimum Gasteiger partial charge on any atom is -0.663 e. The van der Waals surface area contributed by atoms with Gasteiger partial charge in [0.25, 0.3) is 0 Å². The third-order valence-electron chi connectivity index (χ3n) is 0.447. The topological polar surface area (TPSA) is 14.1 Å². The maximum absolute atomic E-state index is 3.97. The molecule has 0 saturated carbocycles. The second-order valence-corrected chi connectivity index (χ2v) is 0.856. The van der Waals surface area contributed by atoms with Crippen LogP contribution in [0, 0.1) is 0 Å². The Bertz CT molecular complexity index is 15.0. The van der Waals surface area contributed by atoms with Crippen molar-refractivity contribution in [3.05, 3.63) is 5.32 Å². The Balaban J connectivity index is 0. The van der Waals surface area contributed by atoms with E-state index in [0.717, 1.165) is 13.1 Å². The van der Waals surface area contributed by atoms with E-state index in [1.54, 1.807) is 0 Å². The van der Waals surface area contributed by atoms with Crippen molar-refractivity contribution in [1.82, 2.24) is 0 Å². The summed E-state index contributed by atoms with van der Waals surface area (Å²) >= 11 is 0. The molecule has 1 nitrogen and oxygen atoms in total. The summed E-state index contributed by atoms with van der Waals surface area (Å²) in [5.74, 6) is 0. The third-order valence-corrected chi connectivity index (χ3v) is 0.447. The second-order valence-electron chi connectivity index (χ2n) is 0.856. The summed E-state index contributed by atoms with van der Waals surface area (Å²) in [7, 11) is 0. The SMILES string of the molecule is CC[N-]CC.[K+]. The summed E-state index contributed by atoms with van der Waals surface area (Å²) in [4.78, 5) is 0. The Morgan fingerprint density at radius 3 is 1.50 bits per heavy atom. The van der Waals surface area contributed by atoms with Crippen LogP contribution < -0.4 is 51.4 Å². The van der Waals surface area contributed by atoms with Crippen molar-refractivity contribution in [2.75, 3.05) is 13.1 Å². The Morgan fingerprint density at radius 2 is 1.50 bits per heavy atom. The van der Waals surface area contributed by atoms with Crippen molar-refractivity contribution in [1.29, 1.82) is 0 Å². The molecule has 0 amide bonds. The normalized spacial score (nSPS) is 7.00. The molecule has 0 aromatic rings. The summed E-state index contributed by atoms with van der Waals surface area (Å²) in [6.45, 7) is 6.03. The van der Waals surface area contributed by atoms with Crippen LogP contribution in [0.4, 0.5) is 0 Å². The first kappa shape index (κ1) is 10.6. The molecule has 0 aromatic carbocycles. The fourth-order valence-corrected chi connectivity index (χ4v) is 0.224. The predicted molar refractivity (Wildman–Crippen MR) is 24.4 cm³/mol. The first-order valence-electron chi connectivity index (χ1n) is 2.05. The Morgan fingerprint density at radius 1 is 1.17 bits per heavy atom. The fraction of sp³-hybridized carbons (Fsp3) is 1.00. The Labute approximate surface area is 82.3 Å². The largest absolute Gasteiger partial charge is 1.00 e. The monoisotopic (exact) mass is 111 g/mol. The van der Waals surface area contributed by atoms with Crippen LogP contribution in [0.2, 0.25) is 0 Å². The van der Waals surface area contributed by atoms with Crippen LogP contribution in [0.5, 0.6) is 0 Å². The summed E-state index contributed by atoms with van der Waals surface area (Å²) in [5.41, 5.74) is 0. The zero-order valence-electron chi connectivity index (χ0n) is 4.86. The molecule has 0 heterocycles. The maximum atomic E-state index is 3.97. The van der Waals surface area contributed by atoms with Crippen LogP contribution in [-0.4, -0.2) is 13.1 Å². The number of rotatable bonds is 2. The molecule has 0 rings (SSSR count). The molecular formula is C4H10KN. The molecule has 32 valence electrons.